The summed E-state index contributed by atoms with van der Waals surface area (Å²) in [6, 6.07) is 0.402. The Labute approximate surface area is 86.9 Å². The summed E-state index contributed by atoms with van der Waals surface area (Å²) < 4.78 is 0. The molecule has 0 spiro atoms. The number of rotatable bonds is 5. The molecule has 0 saturated carbocycles. The average molecular weight is 198 g/mol. The molecule has 1 amide bonds. The zero-order chi connectivity index (χ0) is 10.6. The first-order chi connectivity index (χ1) is 6.67. The lowest BCUT2D eigenvalue weighted by Gasteiger charge is -2.20. The molecular weight excluding hydrogens is 176 g/mol. The van der Waals surface area contributed by atoms with Crippen molar-refractivity contribution in [2.45, 2.75) is 39.2 Å². The molecule has 3 heteroatoms. The van der Waals surface area contributed by atoms with Gasteiger partial charge in [-0.25, -0.2) is 0 Å². The molecule has 2 atom stereocenters. The van der Waals surface area contributed by atoms with E-state index in [1.807, 2.05) is 11.9 Å². The molecule has 82 valence electrons. The predicted molar refractivity (Wildman–Crippen MR) is 58.1 cm³/mol. The van der Waals surface area contributed by atoms with E-state index in [9.17, 15) is 4.79 Å². The smallest absolute Gasteiger partial charge is 0.222 e. The van der Waals surface area contributed by atoms with Crippen LogP contribution in [0.4, 0.5) is 0 Å². The maximum absolute atomic E-state index is 11.6. The van der Waals surface area contributed by atoms with Gasteiger partial charge in [-0.05, 0) is 26.3 Å². The van der Waals surface area contributed by atoms with Crippen LogP contribution in [0.25, 0.3) is 0 Å². The molecule has 1 N–H and O–H groups in total. The molecule has 1 aliphatic rings. The second-order valence-corrected chi connectivity index (χ2v) is 4.35. The Morgan fingerprint density at radius 2 is 2.36 bits per heavy atom. The molecule has 14 heavy (non-hydrogen) atoms. The Bertz CT molecular complexity index is 194. The fourth-order valence-corrected chi connectivity index (χ4v) is 2.05. The Kier molecular flexibility index (Phi) is 4.39. The number of nitrogens with one attached hydrogen (secondary N) is 1. The number of likely N-dealkylation sites (tertiary alicyclic amines) is 1. The van der Waals surface area contributed by atoms with Crippen LogP contribution < -0.4 is 5.32 Å². The molecule has 0 aliphatic carbocycles. The van der Waals surface area contributed by atoms with Crippen molar-refractivity contribution >= 4 is 5.91 Å². The minimum Gasteiger partial charge on any atom is -0.341 e. The largest absolute Gasteiger partial charge is 0.341 e. The Morgan fingerprint density at radius 3 is 2.93 bits per heavy atom. The molecule has 3 nitrogen and oxygen atoms in total. The summed E-state index contributed by atoms with van der Waals surface area (Å²) in [5, 5.41) is 3.17. The second kappa shape index (κ2) is 5.35. The van der Waals surface area contributed by atoms with Crippen molar-refractivity contribution in [1.29, 1.82) is 0 Å². The molecule has 1 aliphatic heterocycles. The summed E-state index contributed by atoms with van der Waals surface area (Å²) in [6.07, 6.45) is 3.15. The molecule has 2 unspecified atom stereocenters. The monoisotopic (exact) mass is 198 g/mol. The summed E-state index contributed by atoms with van der Waals surface area (Å²) >= 11 is 0. The number of nitrogens with zero attached hydrogens (tertiary/aromatic N) is 1. The summed E-state index contributed by atoms with van der Waals surface area (Å²) in [4.78, 5) is 13.6. The maximum atomic E-state index is 11.6. The van der Waals surface area contributed by atoms with Gasteiger partial charge in [-0.2, -0.15) is 0 Å². The summed E-state index contributed by atoms with van der Waals surface area (Å²) in [5.41, 5.74) is 0. The number of hydrogen-bond donors (Lipinski definition) is 1. The van der Waals surface area contributed by atoms with Gasteiger partial charge >= 0.3 is 0 Å². The molecule has 0 aromatic carbocycles. The van der Waals surface area contributed by atoms with E-state index in [0.29, 0.717) is 17.9 Å². The lowest BCUT2D eigenvalue weighted by molar-refractivity contribution is -0.127. The Morgan fingerprint density at radius 1 is 1.64 bits per heavy atom. The first-order valence-corrected chi connectivity index (χ1v) is 5.62. The van der Waals surface area contributed by atoms with E-state index < -0.39 is 0 Å². The van der Waals surface area contributed by atoms with Crippen LogP contribution in [-0.4, -0.2) is 37.0 Å². The molecule has 0 bridgehead atoms. The quantitative estimate of drug-likeness (QED) is 0.721. The third-order valence-corrected chi connectivity index (χ3v) is 2.98. The number of hydrogen-bond acceptors (Lipinski definition) is 2. The molecule has 0 aromatic rings. The lowest BCUT2D eigenvalue weighted by Crippen LogP contribution is -2.38. The van der Waals surface area contributed by atoms with E-state index in [-0.39, 0.29) is 0 Å². The van der Waals surface area contributed by atoms with Crippen LogP contribution in [0.5, 0.6) is 0 Å². The van der Waals surface area contributed by atoms with Crippen molar-refractivity contribution < 1.29 is 4.79 Å². The summed E-state index contributed by atoms with van der Waals surface area (Å²) in [6.45, 7) is 6.12. The molecule has 0 aromatic heterocycles. The molecule has 1 rings (SSSR count). The summed E-state index contributed by atoms with van der Waals surface area (Å²) in [5.74, 6) is 0.946. The van der Waals surface area contributed by atoms with E-state index in [0.717, 1.165) is 19.5 Å². The number of carbonyl (C=O) groups excluding carboxylic acids is 1. The van der Waals surface area contributed by atoms with Crippen LogP contribution in [-0.2, 0) is 4.79 Å². The first-order valence-electron chi connectivity index (χ1n) is 5.62. The second-order valence-electron chi connectivity index (χ2n) is 4.35. The van der Waals surface area contributed by atoms with Gasteiger partial charge in [0.2, 0.25) is 5.91 Å². The van der Waals surface area contributed by atoms with Gasteiger partial charge < -0.3 is 10.2 Å². The Hall–Kier alpha value is -0.570. The zero-order valence-electron chi connectivity index (χ0n) is 9.55. The highest BCUT2D eigenvalue weighted by molar-refractivity contribution is 5.78. The zero-order valence-corrected chi connectivity index (χ0v) is 9.55. The highest BCUT2D eigenvalue weighted by atomic mass is 16.2. The standard InChI is InChI=1S/C11H22N2O/c1-4-5-10-6-11(14)13(8-10)7-9(2)12-3/h9-10,12H,4-8H2,1-3H3. The molecule has 1 fully saturated rings. The van der Waals surface area contributed by atoms with E-state index in [4.69, 9.17) is 0 Å². The number of carbonyl (C=O) groups is 1. The average Bonchev–Trinajstić information content (AvgIpc) is 2.47. The highest BCUT2D eigenvalue weighted by Gasteiger charge is 2.29. The normalized spacial score (nSPS) is 24.4. The van der Waals surface area contributed by atoms with Crippen LogP contribution in [0.1, 0.15) is 33.1 Å². The maximum Gasteiger partial charge on any atom is 0.222 e. The van der Waals surface area contributed by atoms with Crippen molar-refractivity contribution in [1.82, 2.24) is 10.2 Å². The molecule has 0 radical (unpaired) electrons. The van der Waals surface area contributed by atoms with Gasteiger partial charge in [-0.15, -0.1) is 0 Å². The van der Waals surface area contributed by atoms with E-state index >= 15 is 0 Å². The van der Waals surface area contributed by atoms with Crippen LogP contribution in [0.15, 0.2) is 0 Å². The van der Waals surface area contributed by atoms with Crippen LogP contribution >= 0.6 is 0 Å². The first kappa shape index (κ1) is 11.5. The van der Waals surface area contributed by atoms with Crippen molar-refractivity contribution in [3.05, 3.63) is 0 Å². The van der Waals surface area contributed by atoms with Crippen LogP contribution in [0.3, 0.4) is 0 Å². The van der Waals surface area contributed by atoms with Gasteiger partial charge in [0.05, 0.1) is 0 Å². The summed E-state index contributed by atoms with van der Waals surface area (Å²) in [7, 11) is 1.94. The van der Waals surface area contributed by atoms with Crippen molar-refractivity contribution in [3.63, 3.8) is 0 Å². The molecule has 1 saturated heterocycles. The van der Waals surface area contributed by atoms with Crippen molar-refractivity contribution in [2.75, 3.05) is 20.1 Å². The third-order valence-electron chi connectivity index (χ3n) is 2.98. The number of amides is 1. The van der Waals surface area contributed by atoms with Crippen LogP contribution in [0.2, 0.25) is 0 Å². The lowest BCUT2D eigenvalue weighted by atomic mass is 10.0. The van der Waals surface area contributed by atoms with Gasteiger partial charge in [0, 0.05) is 25.6 Å². The topological polar surface area (TPSA) is 32.3 Å². The van der Waals surface area contributed by atoms with Crippen molar-refractivity contribution in [2.24, 2.45) is 5.92 Å². The minimum absolute atomic E-state index is 0.338. The minimum atomic E-state index is 0.338. The van der Waals surface area contributed by atoms with Gasteiger partial charge in [0.15, 0.2) is 0 Å². The fraction of sp³-hybridized carbons (Fsp3) is 0.909. The van der Waals surface area contributed by atoms with Gasteiger partial charge in [0.25, 0.3) is 0 Å². The van der Waals surface area contributed by atoms with Crippen molar-refractivity contribution in [3.8, 4) is 0 Å². The fourth-order valence-electron chi connectivity index (χ4n) is 2.05. The van der Waals surface area contributed by atoms with E-state index in [2.05, 4.69) is 19.2 Å². The Balaban J connectivity index is 2.36. The van der Waals surface area contributed by atoms with E-state index in [1.54, 1.807) is 0 Å². The third kappa shape index (κ3) is 2.98. The molecular formula is C11H22N2O. The predicted octanol–water partition coefficient (Wildman–Crippen LogP) is 1.24. The highest BCUT2D eigenvalue weighted by Crippen LogP contribution is 2.21. The van der Waals surface area contributed by atoms with Crippen LogP contribution in [0, 0.1) is 5.92 Å². The van der Waals surface area contributed by atoms with Gasteiger partial charge in [0.1, 0.15) is 0 Å². The van der Waals surface area contributed by atoms with Gasteiger partial charge in [-0.1, -0.05) is 13.3 Å². The van der Waals surface area contributed by atoms with Gasteiger partial charge in [-0.3, -0.25) is 4.79 Å². The number of likely N-dealkylation sites (N-methyl/N-ethyl adjacent to an activating group) is 1. The SMILES string of the molecule is CCCC1CC(=O)N(CC(C)NC)C1. The molecule has 1 heterocycles. The van der Waals surface area contributed by atoms with E-state index in [1.165, 1.54) is 12.8 Å².